The van der Waals surface area contributed by atoms with Gasteiger partial charge in [-0.3, -0.25) is 14.5 Å². The van der Waals surface area contributed by atoms with E-state index in [0.29, 0.717) is 19.6 Å². The third kappa shape index (κ3) is 5.46. The van der Waals surface area contributed by atoms with Crippen LogP contribution >= 0.6 is 0 Å². The number of nitrogens with zero attached hydrogens (tertiary/aromatic N) is 1. The molecule has 2 atom stereocenters. The maximum Gasteiger partial charge on any atom is 0.237 e. The molecule has 6 heteroatoms. The van der Waals surface area contributed by atoms with Crippen LogP contribution in [0.4, 0.5) is 0 Å². The fourth-order valence-electron chi connectivity index (χ4n) is 3.18. The van der Waals surface area contributed by atoms with Crippen LogP contribution < -0.4 is 15.4 Å². The van der Waals surface area contributed by atoms with Crippen LogP contribution in [0.1, 0.15) is 32.3 Å². The van der Waals surface area contributed by atoms with Gasteiger partial charge in [-0.2, -0.15) is 0 Å². The number of benzene rings is 1. The van der Waals surface area contributed by atoms with Crippen LogP contribution in [0.5, 0.6) is 5.75 Å². The standard InChI is InChI=1S/C19H29N3O3/c1-4-20-19(24)16-8-6-10-22(13-16)14(2)18(23)21-12-15-7-5-9-17(11-15)25-3/h5,7,9,11,14,16H,4,6,8,10,12-13H2,1-3H3,(H,20,24)(H,21,23). The van der Waals surface area contributed by atoms with Crippen LogP contribution in [0, 0.1) is 5.92 Å². The molecule has 0 aromatic heterocycles. The summed E-state index contributed by atoms with van der Waals surface area (Å²) < 4.78 is 5.20. The molecule has 1 saturated heterocycles. The Morgan fingerprint density at radius 2 is 2.16 bits per heavy atom. The predicted molar refractivity (Wildman–Crippen MR) is 97.3 cm³/mol. The third-order valence-corrected chi connectivity index (χ3v) is 4.70. The van der Waals surface area contributed by atoms with E-state index in [2.05, 4.69) is 15.5 Å². The first-order chi connectivity index (χ1) is 12.0. The van der Waals surface area contributed by atoms with Gasteiger partial charge in [-0.15, -0.1) is 0 Å². The summed E-state index contributed by atoms with van der Waals surface area (Å²) in [7, 11) is 1.63. The predicted octanol–water partition coefficient (Wildman–Crippen LogP) is 1.55. The number of piperidine rings is 1. The molecule has 0 spiro atoms. The van der Waals surface area contributed by atoms with Crippen molar-refractivity contribution in [3.05, 3.63) is 29.8 Å². The maximum absolute atomic E-state index is 12.5. The summed E-state index contributed by atoms with van der Waals surface area (Å²) in [4.78, 5) is 26.6. The summed E-state index contributed by atoms with van der Waals surface area (Å²) in [6, 6.07) is 7.41. The summed E-state index contributed by atoms with van der Waals surface area (Å²) in [5, 5.41) is 5.86. The molecule has 2 unspecified atom stereocenters. The molecule has 6 nitrogen and oxygen atoms in total. The fraction of sp³-hybridized carbons (Fsp3) is 0.579. The Morgan fingerprint density at radius 1 is 1.36 bits per heavy atom. The Bertz CT molecular complexity index is 591. The first kappa shape index (κ1) is 19.2. The van der Waals surface area contributed by atoms with Gasteiger partial charge in [0.15, 0.2) is 0 Å². The van der Waals surface area contributed by atoms with E-state index in [4.69, 9.17) is 4.74 Å². The van der Waals surface area contributed by atoms with Crippen LogP contribution in [-0.4, -0.2) is 49.5 Å². The number of rotatable bonds is 7. The van der Waals surface area contributed by atoms with Crippen molar-refractivity contribution in [2.24, 2.45) is 5.92 Å². The zero-order chi connectivity index (χ0) is 18.2. The Balaban J connectivity index is 1.87. The van der Waals surface area contributed by atoms with E-state index in [1.54, 1.807) is 7.11 Å². The molecule has 2 N–H and O–H groups in total. The lowest BCUT2D eigenvalue weighted by Gasteiger charge is -2.35. The van der Waals surface area contributed by atoms with Gasteiger partial charge in [-0.25, -0.2) is 0 Å². The van der Waals surface area contributed by atoms with E-state index in [0.717, 1.165) is 30.7 Å². The number of carbonyl (C=O) groups excluding carboxylic acids is 2. The van der Waals surface area contributed by atoms with Crippen molar-refractivity contribution in [3.63, 3.8) is 0 Å². The van der Waals surface area contributed by atoms with Gasteiger partial charge in [0.2, 0.25) is 11.8 Å². The number of likely N-dealkylation sites (tertiary alicyclic amines) is 1. The van der Waals surface area contributed by atoms with Gasteiger partial charge in [-0.1, -0.05) is 12.1 Å². The third-order valence-electron chi connectivity index (χ3n) is 4.70. The van der Waals surface area contributed by atoms with E-state index in [-0.39, 0.29) is 23.8 Å². The summed E-state index contributed by atoms with van der Waals surface area (Å²) in [6.07, 6.45) is 1.83. The second kappa shape index (κ2) is 9.42. The Kier molecular flexibility index (Phi) is 7.25. The molecule has 0 bridgehead atoms. The summed E-state index contributed by atoms with van der Waals surface area (Å²) in [6.45, 7) is 6.43. The minimum Gasteiger partial charge on any atom is -0.497 e. The normalized spacial score (nSPS) is 19.1. The molecular weight excluding hydrogens is 318 g/mol. The highest BCUT2D eigenvalue weighted by Gasteiger charge is 2.30. The number of ether oxygens (including phenoxy) is 1. The molecule has 1 aliphatic heterocycles. The second-order valence-electron chi connectivity index (χ2n) is 6.47. The van der Waals surface area contributed by atoms with E-state index < -0.39 is 0 Å². The molecule has 0 saturated carbocycles. The first-order valence-electron chi connectivity index (χ1n) is 8.97. The average Bonchev–Trinajstić information content (AvgIpc) is 2.66. The van der Waals surface area contributed by atoms with Gasteiger partial charge >= 0.3 is 0 Å². The second-order valence-corrected chi connectivity index (χ2v) is 6.47. The Morgan fingerprint density at radius 3 is 2.88 bits per heavy atom. The zero-order valence-corrected chi connectivity index (χ0v) is 15.4. The zero-order valence-electron chi connectivity index (χ0n) is 15.4. The molecule has 0 aliphatic carbocycles. The molecule has 2 amide bonds. The largest absolute Gasteiger partial charge is 0.497 e. The average molecular weight is 347 g/mol. The van der Waals surface area contributed by atoms with Gasteiger partial charge < -0.3 is 15.4 Å². The summed E-state index contributed by atoms with van der Waals surface area (Å²) >= 11 is 0. The minimum absolute atomic E-state index is 0.0145. The van der Waals surface area contributed by atoms with Crippen LogP contribution in [0.3, 0.4) is 0 Å². The lowest BCUT2D eigenvalue weighted by molar-refractivity contribution is -0.131. The molecule has 1 heterocycles. The quantitative estimate of drug-likeness (QED) is 0.785. The molecular formula is C19H29N3O3. The highest BCUT2D eigenvalue weighted by molar-refractivity contribution is 5.82. The molecule has 0 radical (unpaired) electrons. The Hall–Kier alpha value is -2.08. The number of hydrogen-bond acceptors (Lipinski definition) is 4. The maximum atomic E-state index is 12.5. The van der Waals surface area contributed by atoms with Crippen molar-refractivity contribution in [1.29, 1.82) is 0 Å². The molecule has 25 heavy (non-hydrogen) atoms. The van der Waals surface area contributed by atoms with Crippen LogP contribution in [0.2, 0.25) is 0 Å². The van der Waals surface area contributed by atoms with E-state index >= 15 is 0 Å². The molecule has 1 aromatic carbocycles. The molecule has 138 valence electrons. The monoisotopic (exact) mass is 347 g/mol. The van der Waals surface area contributed by atoms with E-state index in [1.165, 1.54) is 0 Å². The van der Waals surface area contributed by atoms with Crippen molar-refractivity contribution < 1.29 is 14.3 Å². The molecule has 2 rings (SSSR count). The van der Waals surface area contributed by atoms with Crippen LogP contribution in [0.25, 0.3) is 0 Å². The lowest BCUT2D eigenvalue weighted by atomic mass is 9.96. The van der Waals surface area contributed by atoms with Crippen LogP contribution in [0.15, 0.2) is 24.3 Å². The number of hydrogen-bond donors (Lipinski definition) is 2. The number of amides is 2. The van der Waals surface area contributed by atoms with Crippen molar-refractivity contribution >= 4 is 11.8 Å². The topological polar surface area (TPSA) is 70.7 Å². The van der Waals surface area contributed by atoms with Gasteiger partial charge in [0, 0.05) is 19.6 Å². The lowest BCUT2D eigenvalue weighted by Crippen LogP contribution is -2.51. The van der Waals surface area contributed by atoms with E-state index in [9.17, 15) is 9.59 Å². The minimum atomic E-state index is -0.247. The van der Waals surface area contributed by atoms with Crippen LogP contribution in [-0.2, 0) is 16.1 Å². The van der Waals surface area contributed by atoms with Gasteiger partial charge in [0.1, 0.15) is 5.75 Å². The molecule has 1 aromatic rings. The van der Waals surface area contributed by atoms with Crippen molar-refractivity contribution in [2.45, 2.75) is 39.3 Å². The smallest absolute Gasteiger partial charge is 0.237 e. The summed E-state index contributed by atoms with van der Waals surface area (Å²) in [5.41, 5.74) is 0.999. The molecule has 1 fully saturated rings. The SMILES string of the molecule is CCNC(=O)C1CCCN(C(C)C(=O)NCc2cccc(OC)c2)C1. The van der Waals surface area contributed by atoms with E-state index in [1.807, 2.05) is 38.1 Å². The highest BCUT2D eigenvalue weighted by Crippen LogP contribution is 2.19. The fourth-order valence-corrected chi connectivity index (χ4v) is 3.18. The number of methoxy groups -OCH3 is 1. The highest BCUT2D eigenvalue weighted by atomic mass is 16.5. The van der Waals surface area contributed by atoms with Gasteiger partial charge in [0.25, 0.3) is 0 Å². The van der Waals surface area contributed by atoms with Gasteiger partial charge in [0.05, 0.1) is 19.1 Å². The number of carbonyl (C=O) groups is 2. The van der Waals surface area contributed by atoms with Crippen molar-refractivity contribution in [2.75, 3.05) is 26.7 Å². The number of nitrogens with one attached hydrogen (secondary N) is 2. The van der Waals surface area contributed by atoms with Gasteiger partial charge in [-0.05, 0) is 50.9 Å². The van der Waals surface area contributed by atoms with Crippen molar-refractivity contribution in [1.82, 2.24) is 15.5 Å². The van der Waals surface area contributed by atoms with Crippen molar-refractivity contribution in [3.8, 4) is 5.75 Å². The summed E-state index contributed by atoms with van der Waals surface area (Å²) in [5.74, 6) is 0.832. The molecule has 1 aliphatic rings. The Labute approximate surface area is 149 Å². The first-order valence-corrected chi connectivity index (χ1v) is 8.97.